The first-order valence-corrected chi connectivity index (χ1v) is 17.9. The molecule has 1 rings (SSSR count). The highest BCUT2D eigenvalue weighted by atomic mass is 16.4. The molecule has 17 N–H and O–H groups in total. The maximum Gasteiger partial charge on any atom is 0.326 e. The Bertz CT molecular complexity index is 1420. The lowest BCUT2D eigenvalue weighted by molar-refractivity contribution is -0.144. The standard InChI is InChI=1S/C32H57N13O10/c1-17(2)14-21(42-23(46)15-40-26(50)18(33)9-10-25(48)49)28(52)43-19(6-3-11-38-31(34)35)27(51)41-16-24(47)45-13-5-8-22(45)29(53)44-20(30(54)55)7-4-12-39-32(36)37/h17-22H,3-16,33H2,1-2H3,(H,40,50)(H,41,51)(H,42,46)(H,43,52)(H,44,53)(H,48,49)(H,54,55)(H4,34,35,38)(H4,36,37,39)/t18-,19-,20-,21-,22-/m0/s1. The number of nitrogens with two attached hydrogens (primary N) is 5. The van der Waals surface area contributed by atoms with Crippen LogP contribution in [0.4, 0.5) is 0 Å². The van der Waals surface area contributed by atoms with E-state index in [1.807, 2.05) is 0 Å². The van der Waals surface area contributed by atoms with E-state index in [9.17, 15) is 43.5 Å². The Balaban J connectivity index is 2.96. The number of guanidine groups is 2. The summed E-state index contributed by atoms with van der Waals surface area (Å²) in [5, 5.41) is 30.7. The summed E-state index contributed by atoms with van der Waals surface area (Å²) in [6.45, 7) is 2.93. The third kappa shape index (κ3) is 19.2. The summed E-state index contributed by atoms with van der Waals surface area (Å²) in [6.07, 6.45) is 0.914. The average molecular weight is 784 g/mol. The molecule has 0 aromatic rings. The molecule has 6 amide bonds. The minimum atomic E-state index is -1.27. The summed E-state index contributed by atoms with van der Waals surface area (Å²) in [4.78, 5) is 109. The van der Waals surface area contributed by atoms with Crippen LogP contribution in [0.5, 0.6) is 0 Å². The van der Waals surface area contributed by atoms with Crippen LogP contribution in [-0.2, 0) is 38.4 Å². The van der Waals surface area contributed by atoms with Crippen molar-refractivity contribution in [2.75, 3.05) is 32.7 Å². The van der Waals surface area contributed by atoms with Gasteiger partial charge in [-0.05, 0) is 57.3 Å². The van der Waals surface area contributed by atoms with E-state index in [1.54, 1.807) is 13.8 Å². The van der Waals surface area contributed by atoms with Gasteiger partial charge < -0.3 is 70.4 Å². The van der Waals surface area contributed by atoms with E-state index >= 15 is 0 Å². The van der Waals surface area contributed by atoms with Crippen LogP contribution in [0.25, 0.3) is 0 Å². The van der Waals surface area contributed by atoms with Gasteiger partial charge in [-0.15, -0.1) is 0 Å². The van der Waals surface area contributed by atoms with E-state index in [-0.39, 0.29) is 88.8 Å². The minimum absolute atomic E-state index is 0.0175. The molecule has 0 saturated carbocycles. The number of carboxylic acids is 2. The molecular formula is C32H57N13O10. The molecule has 0 aromatic heterocycles. The first kappa shape index (κ1) is 47.3. The maximum atomic E-state index is 13.5. The van der Waals surface area contributed by atoms with Gasteiger partial charge in [0.05, 0.1) is 19.1 Å². The summed E-state index contributed by atoms with van der Waals surface area (Å²) in [7, 11) is 0. The molecule has 0 bridgehead atoms. The fourth-order valence-corrected chi connectivity index (χ4v) is 5.46. The Kier molecular flexibility index (Phi) is 21.1. The van der Waals surface area contributed by atoms with Crippen LogP contribution in [0.2, 0.25) is 0 Å². The van der Waals surface area contributed by atoms with E-state index in [2.05, 4.69) is 36.6 Å². The second-order valence-corrected chi connectivity index (χ2v) is 13.3. The molecule has 0 unspecified atom stereocenters. The molecule has 23 heteroatoms. The number of nitrogens with one attached hydrogen (secondary N) is 5. The average Bonchev–Trinajstić information content (AvgIpc) is 3.60. The molecule has 0 aromatic carbocycles. The van der Waals surface area contributed by atoms with E-state index in [0.717, 1.165) is 0 Å². The molecule has 1 saturated heterocycles. The van der Waals surface area contributed by atoms with Gasteiger partial charge in [-0.2, -0.15) is 0 Å². The number of carbonyl (C=O) groups excluding carboxylic acids is 6. The van der Waals surface area contributed by atoms with E-state index in [1.165, 1.54) is 4.90 Å². The van der Waals surface area contributed by atoms with Crippen LogP contribution in [0.1, 0.15) is 71.6 Å². The topological polar surface area (TPSA) is 395 Å². The van der Waals surface area contributed by atoms with Gasteiger partial charge >= 0.3 is 11.9 Å². The number of aliphatic imine (C=N–C) groups is 2. The number of amides is 6. The Hall–Kier alpha value is -5.74. The van der Waals surface area contributed by atoms with Crippen molar-refractivity contribution in [3.63, 3.8) is 0 Å². The quantitative estimate of drug-likeness (QED) is 0.0235. The molecule has 23 nitrogen and oxygen atoms in total. The molecular weight excluding hydrogens is 726 g/mol. The molecule has 1 aliphatic heterocycles. The van der Waals surface area contributed by atoms with Crippen LogP contribution < -0.4 is 55.3 Å². The fraction of sp³-hybridized carbons (Fsp3) is 0.688. The second kappa shape index (κ2) is 24.6. The van der Waals surface area contributed by atoms with Crippen LogP contribution in [-0.4, -0.2) is 137 Å². The minimum Gasteiger partial charge on any atom is -0.481 e. The first-order chi connectivity index (χ1) is 25.8. The van der Waals surface area contributed by atoms with E-state index in [0.29, 0.717) is 6.42 Å². The summed E-state index contributed by atoms with van der Waals surface area (Å²) in [5.74, 6) is -7.14. The van der Waals surface area contributed by atoms with Crippen molar-refractivity contribution in [2.24, 2.45) is 44.6 Å². The van der Waals surface area contributed by atoms with Gasteiger partial charge in [-0.1, -0.05) is 13.8 Å². The number of carbonyl (C=O) groups is 8. The van der Waals surface area contributed by atoms with Gasteiger partial charge in [0.2, 0.25) is 35.4 Å². The zero-order valence-electron chi connectivity index (χ0n) is 31.3. The molecule has 1 heterocycles. The predicted octanol–water partition coefficient (Wildman–Crippen LogP) is -4.91. The van der Waals surface area contributed by atoms with Gasteiger partial charge in [0.25, 0.3) is 0 Å². The highest BCUT2D eigenvalue weighted by molar-refractivity contribution is 5.95. The lowest BCUT2D eigenvalue weighted by Gasteiger charge is -2.27. The van der Waals surface area contributed by atoms with Crippen molar-refractivity contribution < 1.29 is 48.6 Å². The number of aliphatic carboxylic acids is 2. The second-order valence-electron chi connectivity index (χ2n) is 13.3. The zero-order valence-corrected chi connectivity index (χ0v) is 31.3. The smallest absolute Gasteiger partial charge is 0.326 e. The van der Waals surface area contributed by atoms with Crippen LogP contribution in [0.3, 0.4) is 0 Å². The molecule has 1 fully saturated rings. The number of carboxylic acid groups (broad SMARTS) is 2. The number of hydrogen-bond donors (Lipinski definition) is 12. The van der Waals surface area contributed by atoms with Gasteiger partial charge in [-0.25, -0.2) is 4.79 Å². The monoisotopic (exact) mass is 783 g/mol. The Morgan fingerprint density at radius 1 is 0.745 bits per heavy atom. The number of rotatable bonds is 25. The van der Waals surface area contributed by atoms with Gasteiger partial charge in [0.1, 0.15) is 24.2 Å². The molecule has 55 heavy (non-hydrogen) atoms. The Morgan fingerprint density at radius 3 is 1.87 bits per heavy atom. The van der Waals surface area contributed by atoms with Crippen LogP contribution in [0.15, 0.2) is 9.98 Å². The normalized spacial score (nSPS) is 15.7. The van der Waals surface area contributed by atoms with Crippen molar-refractivity contribution in [1.82, 2.24) is 31.5 Å². The highest BCUT2D eigenvalue weighted by Crippen LogP contribution is 2.18. The zero-order chi connectivity index (χ0) is 41.7. The maximum absolute atomic E-state index is 13.5. The van der Waals surface area contributed by atoms with Crippen LogP contribution in [0, 0.1) is 5.92 Å². The van der Waals surface area contributed by atoms with Crippen molar-refractivity contribution in [1.29, 1.82) is 0 Å². The van der Waals surface area contributed by atoms with E-state index < -0.39 is 90.7 Å². The summed E-state index contributed by atoms with van der Waals surface area (Å²) >= 11 is 0. The predicted molar refractivity (Wildman–Crippen MR) is 198 cm³/mol. The number of hydrogen-bond acceptors (Lipinski definition) is 11. The number of likely N-dealkylation sites (tertiary alicyclic amines) is 1. The van der Waals surface area contributed by atoms with Gasteiger partial charge in [0, 0.05) is 26.1 Å². The lowest BCUT2D eigenvalue weighted by Crippen LogP contribution is -2.56. The SMILES string of the molecule is CC(C)C[C@H](NC(=O)CNC(=O)[C@@H](N)CCC(=O)O)C(=O)N[C@@H](CCCN=C(N)N)C(=O)NCC(=O)N1CCC[C@H]1C(=O)N[C@@H](CCCN=C(N)N)C(=O)O. The Morgan fingerprint density at radius 2 is 1.33 bits per heavy atom. The van der Waals surface area contributed by atoms with E-state index in [4.69, 9.17) is 33.8 Å². The molecule has 1 aliphatic rings. The molecule has 310 valence electrons. The molecule has 0 aliphatic carbocycles. The lowest BCUT2D eigenvalue weighted by atomic mass is 10.0. The van der Waals surface area contributed by atoms with Crippen molar-refractivity contribution in [3.8, 4) is 0 Å². The molecule has 0 radical (unpaired) electrons. The summed E-state index contributed by atoms with van der Waals surface area (Å²) in [6, 6.07) is -5.77. The highest BCUT2D eigenvalue weighted by Gasteiger charge is 2.36. The van der Waals surface area contributed by atoms with Crippen LogP contribution >= 0.6 is 0 Å². The van der Waals surface area contributed by atoms with Crippen molar-refractivity contribution in [2.45, 2.75) is 102 Å². The number of nitrogens with zero attached hydrogens (tertiary/aromatic N) is 3. The van der Waals surface area contributed by atoms with Gasteiger partial charge in [-0.3, -0.25) is 43.5 Å². The molecule has 0 spiro atoms. The fourth-order valence-electron chi connectivity index (χ4n) is 5.46. The summed E-state index contributed by atoms with van der Waals surface area (Å²) < 4.78 is 0. The van der Waals surface area contributed by atoms with Crippen molar-refractivity contribution in [3.05, 3.63) is 0 Å². The third-order valence-corrected chi connectivity index (χ3v) is 8.22. The third-order valence-electron chi connectivity index (χ3n) is 8.22. The van der Waals surface area contributed by atoms with Crippen molar-refractivity contribution >= 4 is 59.3 Å². The first-order valence-electron chi connectivity index (χ1n) is 17.9. The van der Waals surface area contributed by atoms with Gasteiger partial charge in [0.15, 0.2) is 11.9 Å². The largest absolute Gasteiger partial charge is 0.481 e. The Labute approximate surface area is 318 Å². The molecule has 5 atom stereocenters. The summed E-state index contributed by atoms with van der Waals surface area (Å²) in [5.41, 5.74) is 27.0.